The molecule has 0 unspecified atom stereocenters. The third-order valence-corrected chi connectivity index (χ3v) is 6.13. The van der Waals surface area contributed by atoms with Crippen LogP contribution in [0.4, 0.5) is 29.7 Å². The van der Waals surface area contributed by atoms with Crippen LogP contribution in [0.25, 0.3) is 11.3 Å². The summed E-state index contributed by atoms with van der Waals surface area (Å²) in [6, 6.07) is 8.04. The molecule has 2 aromatic heterocycles. The van der Waals surface area contributed by atoms with Crippen molar-refractivity contribution in [1.29, 1.82) is 0 Å². The summed E-state index contributed by atoms with van der Waals surface area (Å²) in [5, 5.41) is 5.34. The fraction of sp³-hybridized carbons (Fsp3) is 0.400. The highest BCUT2D eigenvalue weighted by molar-refractivity contribution is 7.14. The molecule has 3 rings (SSSR count). The number of carbonyl (C=O) groups excluding carboxylic acids is 1. The van der Waals surface area contributed by atoms with Gasteiger partial charge in [0.25, 0.3) is 0 Å². The highest BCUT2D eigenvalue weighted by atomic mass is 32.1. The Kier molecular flexibility index (Phi) is 9.08. The van der Waals surface area contributed by atoms with E-state index >= 15 is 0 Å². The molecule has 0 atom stereocenters. The third-order valence-electron chi connectivity index (χ3n) is 5.37. The SMILES string of the molecule is CC(=O)OCCCCCCN(C)c1ccc(Nc2nc(-c3ccc(C)nc3)cs2)cc1C(F)(F)F. The molecule has 0 saturated heterocycles. The Balaban J connectivity index is 1.63. The number of halogens is 3. The number of rotatable bonds is 11. The Hall–Kier alpha value is -3.14. The van der Waals surface area contributed by atoms with Gasteiger partial charge in [0, 0.05) is 54.7 Å². The summed E-state index contributed by atoms with van der Waals surface area (Å²) in [5.74, 6) is -0.304. The molecule has 35 heavy (non-hydrogen) atoms. The summed E-state index contributed by atoms with van der Waals surface area (Å²) >= 11 is 1.32. The second-order valence-corrected chi connectivity index (χ2v) is 9.11. The number of nitrogens with one attached hydrogen (secondary N) is 1. The lowest BCUT2D eigenvalue weighted by Gasteiger charge is -2.24. The number of aryl methyl sites for hydroxylation is 1. The summed E-state index contributed by atoms with van der Waals surface area (Å²) in [6.45, 7) is 4.13. The lowest BCUT2D eigenvalue weighted by atomic mass is 10.1. The van der Waals surface area contributed by atoms with Crippen LogP contribution in [0.5, 0.6) is 0 Å². The zero-order chi connectivity index (χ0) is 25.4. The highest BCUT2D eigenvalue weighted by Gasteiger charge is 2.34. The number of carbonyl (C=O) groups is 1. The summed E-state index contributed by atoms with van der Waals surface area (Å²) in [7, 11) is 1.67. The number of hydrogen-bond donors (Lipinski definition) is 1. The van der Waals surface area contributed by atoms with Crippen LogP contribution in [-0.4, -0.2) is 36.1 Å². The second-order valence-electron chi connectivity index (χ2n) is 8.26. The minimum atomic E-state index is -4.49. The standard InChI is InChI=1S/C25H29F3N4O2S/c1-17-8-9-19(15-29-17)22-16-35-24(31-22)30-20-10-11-23(21(14-20)25(26,27)28)32(3)12-6-4-5-7-13-34-18(2)33/h8-11,14-16H,4-7,12-13H2,1-3H3,(H,30,31). The average Bonchev–Trinajstić information content (AvgIpc) is 3.26. The van der Waals surface area contributed by atoms with Gasteiger partial charge < -0.3 is 15.0 Å². The van der Waals surface area contributed by atoms with Crippen molar-refractivity contribution in [2.24, 2.45) is 0 Å². The molecule has 0 bridgehead atoms. The van der Waals surface area contributed by atoms with Crippen molar-refractivity contribution in [3.05, 3.63) is 53.2 Å². The van der Waals surface area contributed by atoms with Crippen molar-refractivity contribution in [1.82, 2.24) is 9.97 Å². The summed E-state index contributed by atoms with van der Waals surface area (Å²) in [4.78, 5) is 21.1. The van der Waals surface area contributed by atoms with Gasteiger partial charge in [-0.3, -0.25) is 9.78 Å². The van der Waals surface area contributed by atoms with Crippen LogP contribution in [0.2, 0.25) is 0 Å². The molecule has 0 aliphatic carbocycles. The number of hydrogen-bond acceptors (Lipinski definition) is 7. The van der Waals surface area contributed by atoms with E-state index in [1.807, 2.05) is 24.4 Å². The van der Waals surface area contributed by atoms with Crippen LogP contribution >= 0.6 is 11.3 Å². The van der Waals surface area contributed by atoms with Crippen molar-refractivity contribution in [3.8, 4) is 11.3 Å². The first-order valence-electron chi connectivity index (χ1n) is 11.3. The second kappa shape index (κ2) is 12.0. The molecule has 0 radical (unpaired) electrons. The van der Waals surface area contributed by atoms with E-state index in [9.17, 15) is 18.0 Å². The van der Waals surface area contributed by atoms with Crippen molar-refractivity contribution in [3.63, 3.8) is 0 Å². The first-order valence-corrected chi connectivity index (χ1v) is 12.2. The first-order chi connectivity index (χ1) is 16.6. The Morgan fingerprint density at radius 1 is 1.14 bits per heavy atom. The monoisotopic (exact) mass is 506 g/mol. The lowest BCUT2D eigenvalue weighted by Crippen LogP contribution is -2.22. The predicted octanol–water partition coefficient (Wildman–Crippen LogP) is 6.84. The molecule has 3 aromatic rings. The molecule has 10 heteroatoms. The van der Waals surface area contributed by atoms with E-state index in [1.54, 1.807) is 24.2 Å². The van der Waals surface area contributed by atoms with Crippen LogP contribution in [0.1, 0.15) is 43.9 Å². The molecule has 2 heterocycles. The zero-order valence-electron chi connectivity index (χ0n) is 20.0. The largest absolute Gasteiger partial charge is 0.466 e. The zero-order valence-corrected chi connectivity index (χ0v) is 20.8. The molecule has 0 spiro atoms. The van der Waals surface area contributed by atoms with Gasteiger partial charge in [0.1, 0.15) is 0 Å². The van der Waals surface area contributed by atoms with Gasteiger partial charge in [0.05, 0.1) is 17.9 Å². The molecule has 188 valence electrons. The fourth-order valence-corrected chi connectivity index (χ4v) is 4.26. The van der Waals surface area contributed by atoms with Crippen molar-refractivity contribution in [2.75, 3.05) is 30.4 Å². The number of alkyl halides is 3. The minimum Gasteiger partial charge on any atom is -0.466 e. The highest BCUT2D eigenvalue weighted by Crippen LogP contribution is 2.39. The molecule has 0 saturated carbocycles. The maximum Gasteiger partial charge on any atom is 0.418 e. The summed E-state index contributed by atoms with van der Waals surface area (Å²) in [5.41, 5.74) is 2.21. The van der Waals surface area contributed by atoms with E-state index in [2.05, 4.69) is 15.3 Å². The number of esters is 1. The number of unbranched alkanes of at least 4 members (excludes halogenated alkanes) is 3. The van der Waals surface area contributed by atoms with Gasteiger partial charge in [-0.15, -0.1) is 11.3 Å². The van der Waals surface area contributed by atoms with E-state index in [1.165, 1.54) is 24.3 Å². The maximum atomic E-state index is 13.9. The average molecular weight is 507 g/mol. The van der Waals surface area contributed by atoms with Gasteiger partial charge in [-0.2, -0.15) is 13.2 Å². The van der Waals surface area contributed by atoms with Gasteiger partial charge in [-0.25, -0.2) is 4.98 Å². The number of benzene rings is 1. The number of ether oxygens (including phenoxy) is 1. The number of pyridine rings is 1. The van der Waals surface area contributed by atoms with Crippen molar-refractivity contribution in [2.45, 2.75) is 45.7 Å². The molecule has 0 aliphatic heterocycles. The molecule has 6 nitrogen and oxygen atoms in total. The van der Waals surface area contributed by atoms with E-state index in [0.717, 1.165) is 43.0 Å². The smallest absolute Gasteiger partial charge is 0.418 e. The van der Waals surface area contributed by atoms with Crippen LogP contribution in [0.3, 0.4) is 0 Å². The molecular weight excluding hydrogens is 477 g/mol. The van der Waals surface area contributed by atoms with Crippen LogP contribution in [0, 0.1) is 6.92 Å². The topological polar surface area (TPSA) is 67.3 Å². The van der Waals surface area contributed by atoms with Gasteiger partial charge in [-0.05, 0) is 56.5 Å². The molecule has 0 fully saturated rings. The molecular formula is C25H29F3N4O2S. The minimum absolute atomic E-state index is 0.133. The maximum absolute atomic E-state index is 13.9. The van der Waals surface area contributed by atoms with E-state index in [0.29, 0.717) is 29.7 Å². The van der Waals surface area contributed by atoms with Crippen LogP contribution in [-0.2, 0) is 15.7 Å². The fourth-order valence-electron chi connectivity index (χ4n) is 3.52. The van der Waals surface area contributed by atoms with Gasteiger partial charge in [0.15, 0.2) is 5.13 Å². The predicted molar refractivity (Wildman–Crippen MR) is 133 cm³/mol. The van der Waals surface area contributed by atoms with E-state index in [-0.39, 0.29) is 11.7 Å². The molecule has 1 aromatic carbocycles. The van der Waals surface area contributed by atoms with Crippen molar-refractivity contribution >= 4 is 33.8 Å². The van der Waals surface area contributed by atoms with E-state index in [4.69, 9.17) is 4.74 Å². The van der Waals surface area contributed by atoms with Gasteiger partial charge >= 0.3 is 12.1 Å². The number of anilines is 3. The third kappa shape index (κ3) is 7.95. The number of aromatic nitrogens is 2. The molecule has 0 aliphatic rings. The normalized spacial score (nSPS) is 11.4. The lowest BCUT2D eigenvalue weighted by molar-refractivity contribution is -0.141. The Labute approximate surface area is 207 Å². The Bertz CT molecular complexity index is 1120. The quantitative estimate of drug-likeness (QED) is 0.227. The summed E-state index contributed by atoms with van der Waals surface area (Å²) in [6.07, 6.45) is 0.410. The van der Waals surface area contributed by atoms with Crippen molar-refractivity contribution < 1.29 is 22.7 Å². The molecule has 1 N–H and O–H groups in total. The van der Waals surface area contributed by atoms with Gasteiger partial charge in [-0.1, -0.05) is 6.42 Å². The summed E-state index contributed by atoms with van der Waals surface area (Å²) < 4.78 is 46.5. The number of nitrogens with zero attached hydrogens (tertiary/aromatic N) is 3. The Morgan fingerprint density at radius 3 is 2.60 bits per heavy atom. The molecule has 0 amide bonds. The first kappa shape index (κ1) is 26.5. The van der Waals surface area contributed by atoms with Crippen LogP contribution < -0.4 is 10.2 Å². The van der Waals surface area contributed by atoms with Crippen LogP contribution in [0.15, 0.2) is 41.9 Å². The van der Waals surface area contributed by atoms with E-state index < -0.39 is 11.7 Å². The Morgan fingerprint density at radius 2 is 1.91 bits per heavy atom. The number of thiazole rings is 1. The van der Waals surface area contributed by atoms with Gasteiger partial charge in [0.2, 0.25) is 0 Å².